The maximum Gasteiger partial charge on any atom is 2.00 e. The molecule has 7 nitrogen and oxygen atoms in total. The van der Waals surface area contributed by atoms with Crippen LogP contribution in [0.1, 0.15) is 26.6 Å². The Morgan fingerprint density at radius 2 is 0.873 bits per heavy atom. The number of benzene rings is 6. The van der Waals surface area contributed by atoms with Gasteiger partial charge in [-0.05, 0) is 23.5 Å². The molecule has 0 amide bonds. The molecule has 0 fully saturated rings. The van der Waals surface area contributed by atoms with Gasteiger partial charge in [-0.2, -0.15) is 69.0 Å². The van der Waals surface area contributed by atoms with Crippen molar-refractivity contribution in [3.63, 3.8) is 0 Å². The summed E-state index contributed by atoms with van der Waals surface area (Å²) < 4.78 is 2.01. The van der Waals surface area contributed by atoms with Gasteiger partial charge in [0.1, 0.15) is 0 Å². The molecule has 0 N–H and O–H groups in total. The molecule has 10 rings (SSSR count). The Kier molecular flexibility index (Phi) is 12.9. The molecule has 4 heterocycles. The van der Waals surface area contributed by atoms with Gasteiger partial charge < -0.3 is 14.5 Å². The number of hydrogen-bond acceptors (Lipinski definition) is 6. The van der Waals surface area contributed by atoms with E-state index in [1.54, 1.807) is 0 Å². The van der Waals surface area contributed by atoms with Crippen LogP contribution in [-0.4, -0.2) is 48.4 Å². The van der Waals surface area contributed by atoms with E-state index in [9.17, 15) is 0 Å². The van der Waals surface area contributed by atoms with Crippen LogP contribution in [-0.2, 0) is 46.9 Å². The molecule has 0 bridgehead atoms. The topological polar surface area (TPSA) is 82.3 Å². The first kappa shape index (κ1) is 43.5. The first-order valence-corrected chi connectivity index (χ1v) is 20.4. The molecule has 0 aliphatic rings. The molecule has 0 saturated heterocycles. The minimum absolute atomic E-state index is 0. The number of rotatable bonds is 9. The molecule has 0 aliphatic heterocycles. The number of fused-ring (bicyclic) bond motifs is 3. The Labute approximate surface area is 396 Å². The third-order valence-electron chi connectivity index (χ3n) is 11.0. The van der Waals surface area contributed by atoms with Crippen LogP contribution in [0.25, 0.3) is 50.3 Å². The van der Waals surface area contributed by atoms with Gasteiger partial charge in [-0.25, -0.2) is 0 Å². The van der Waals surface area contributed by atoms with Crippen molar-refractivity contribution < 1.29 is 41.5 Å². The average molecular weight is 1080 g/mol. The molecule has 6 aromatic carbocycles. The third-order valence-corrected chi connectivity index (χ3v) is 11.0. The van der Waals surface area contributed by atoms with E-state index in [2.05, 4.69) is 174 Å². The van der Waals surface area contributed by atoms with Crippen molar-refractivity contribution in [2.24, 2.45) is 0 Å². The van der Waals surface area contributed by atoms with Crippen LogP contribution < -0.4 is 32.8 Å². The van der Waals surface area contributed by atoms with Gasteiger partial charge in [-0.3, -0.25) is 0 Å². The summed E-state index contributed by atoms with van der Waals surface area (Å²) in [5, 5.41) is 20.7. The van der Waals surface area contributed by atoms with Crippen LogP contribution in [0.3, 0.4) is 0 Å². The molecule has 63 heavy (non-hydrogen) atoms. The van der Waals surface area contributed by atoms with Gasteiger partial charge in [0.05, 0.1) is 0 Å². The van der Waals surface area contributed by atoms with Crippen molar-refractivity contribution in [3.8, 4) is 28.5 Å². The fourth-order valence-electron chi connectivity index (χ4n) is 8.04. The summed E-state index contributed by atoms with van der Waals surface area (Å²) >= 11 is 0. The number of pyridine rings is 2. The summed E-state index contributed by atoms with van der Waals surface area (Å²) in [7, 11) is 0. The number of aromatic nitrogens is 7. The summed E-state index contributed by atoms with van der Waals surface area (Å²) in [6.07, 6.45) is 3.62. The van der Waals surface area contributed by atoms with Crippen LogP contribution in [0.5, 0.6) is 0 Å². The van der Waals surface area contributed by atoms with Gasteiger partial charge in [0, 0.05) is 17.8 Å². The van der Waals surface area contributed by atoms with Crippen LogP contribution in [0.4, 0.5) is 0 Å². The Morgan fingerprint density at radius 1 is 0.444 bits per heavy atom. The van der Waals surface area contributed by atoms with E-state index in [0.717, 1.165) is 77.1 Å². The summed E-state index contributed by atoms with van der Waals surface area (Å²) in [5.41, 5.74) is 11.0. The van der Waals surface area contributed by atoms with Gasteiger partial charge in [0.2, 0.25) is 0 Å². The van der Waals surface area contributed by atoms with E-state index in [0.29, 0.717) is 11.8 Å². The summed E-state index contributed by atoms with van der Waals surface area (Å²) in [6.45, 7) is 5.78. The Hall–Kier alpha value is -6.16. The Balaban J connectivity index is 0.00000272. The van der Waals surface area contributed by atoms with E-state index in [4.69, 9.17) is 10.2 Å². The smallest absolute Gasteiger partial charge is 0.326 e. The minimum atomic E-state index is -0.329. The second kappa shape index (κ2) is 18.7. The normalized spacial score (nSPS) is 11.2. The van der Waals surface area contributed by atoms with E-state index in [-0.39, 0.29) is 60.3 Å². The molecular weight excluding hydrogens is 1050 g/mol. The van der Waals surface area contributed by atoms with Gasteiger partial charge in [0.25, 0.3) is 5.95 Å². The van der Waals surface area contributed by atoms with Gasteiger partial charge in [0.15, 0.2) is 19.2 Å². The van der Waals surface area contributed by atoms with Crippen LogP contribution in [0, 0.1) is 24.3 Å². The zero-order chi connectivity index (χ0) is 41.3. The first-order valence-electron chi connectivity index (χ1n) is 20.4. The van der Waals surface area contributed by atoms with Gasteiger partial charge in [-0.15, -0.1) is 80.1 Å². The fourth-order valence-corrected chi connectivity index (χ4v) is 8.04. The molecule has 0 aliphatic carbocycles. The van der Waals surface area contributed by atoms with E-state index in [1.165, 1.54) is 0 Å². The summed E-state index contributed by atoms with van der Waals surface area (Å²) in [4.78, 5) is 9.25. The predicted octanol–water partition coefficient (Wildman–Crippen LogP) is 6.01. The van der Waals surface area contributed by atoms with Crippen molar-refractivity contribution in [3.05, 3.63) is 200 Å². The molecule has 0 saturated carbocycles. The van der Waals surface area contributed by atoms with Crippen molar-refractivity contribution in [2.45, 2.75) is 26.2 Å². The molecule has 11 heteroatoms. The monoisotopic (exact) mass is 1080 g/mol. The maximum atomic E-state index is 4.73. The van der Waals surface area contributed by atoms with Crippen LogP contribution >= 0.6 is 0 Å². The fraction of sp³-hybridized carbons (Fsp3) is 0.0769. The summed E-state index contributed by atoms with van der Waals surface area (Å²) in [6, 6.07) is 69.3. The quantitative estimate of drug-likeness (QED) is 0.130. The minimum Gasteiger partial charge on any atom is -0.326 e. The predicted molar refractivity (Wildman–Crippen MR) is 248 cm³/mol. The third kappa shape index (κ3) is 8.77. The Bertz CT molecular complexity index is 2950. The maximum absolute atomic E-state index is 4.73. The molecule has 0 spiro atoms. The second-order valence-electron chi connectivity index (χ2n) is 16.1. The molecule has 4 aromatic heterocycles. The molecule has 0 atom stereocenters. The molecule has 0 radical (unpaired) electrons. The van der Waals surface area contributed by atoms with Crippen molar-refractivity contribution in [1.82, 2.24) is 34.9 Å². The molecule has 0 unspecified atom stereocenters. The number of nitrogens with zero attached hydrogens (tertiary/aromatic N) is 7. The molecule has 10 aromatic rings. The second-order valence-corrected chi connectivity index (χ2v) is 16.1. The number of hydrogen-bond donors (Lipinski definition) is 0. The largest absolute Gasteiger partial charge is 2.00 e. The van der Waals surface area contributed by atoms with E-state index in [1.807, 2.05) is 65.5 Å². The Morgan fingerprint density at radius 3 is 1.29 bits per heavy atom. The van der Waals surface area contributed by atoms with Crippen molar-refractivity contribution in [1.29, 1.82) is 0 Å². The van der Waals surface area contributed by atoms with Gasteiger partial charge >= 0.3 is 41.5 Å². The van der Waals surface area contributed by atoms with E-state index < -0.39 is 0 Å². The van der Waals surface area contributed by atoms with Gasteiger partial charge in [-0.1, -0.05) is 128 Å². The zero-order valence-corrected chi connectivity index (χ0v) is 38.4. The van der Waals surface area contributed by atoms with Crippen molar-refractivity contribution in [2.75, 3.05) is 0 Å². The average Bonchev–Trinajstić information content (AvgIpc) is 3.63. The van der Waals surface area contributed by atoms with Crippen LogP contribution in [0.2, 0.25) is 0 Å². The summed E-state index contributed by atoms with van der Waals surface area (Å²) in [5.74, 6) is 0.904. The molecule has 306 valence electrons. The standard InChI is InChI=1S/C52H37B2N7.Pd.Pt/c1-52(2,3)50-57-59-51(60-58-50)61-48-34-42(53(38-18-6-4-7-19-38)40-22-14-16-36(32-40)46-24-10-12-30-55-46)26-28-44(48)45-29-27-43(35-49(45)61)54(39-20-8-5-9-21-39)41-23-15-17-37(33-41)47-25-11-13-31-56-47;;/h4-31H,1-3H3;;/q-4;2*+2. The zero-order valence-electron chi connectivity index (χ0n) is 34.6. The first-order chi connectivity index (χ1) is 29.9. The van der Waals surface area contributed by atoms with E-state index >= 15 is 0 Å². The SMILES string of the molecule is CC(C)(C)c1nnc(-n2c3[c-]c(B(c4[c-]c(-c5ccccn5)ccc4)c4ccccc4)ccc3c3ccc(B(c4[c-]c(-c5ccccn5)ccc4)c4ccccc4)[c-]c32)nn1.[Pd+2].[Pt+2]. The molecular formula is C52H37B2N7PdPt. The van der Waals surface area contributed by atoms with Crippen LogP contribution in [0.15, 0.2) is 170 Å². The van der Waals surface area contributed by atoms with Crippen molar-refractivity contribution >= 4 is 68.0 Å².